The summed E-state index contributed by atoms with van der Waals surface area (Å²) < 4.78 is 11.2. The first-order valence-corrected chi connectivity index (χ1v) is 7.48. The monoisotopic (exact) mass is 294 g/mol. The minimum absolute atomic E-state index is 0.0160. The second kappa shape index (κ2) is 6.48. The Morgan fingerprint density at radius 2 is 1.77 bits per heavy atom. The molecule has 0 aromatic heterocycles. The van der Waals surface area contributed by atoms with Crippen molar-refractivity contribution in [2.24, 2.45) is 0 Å². The Balaban J connectivity index is 1.90. The average molecular weight is 294 g/mol. The van der Waals surface area contributed by atoms with Gasteiger partial charge in [-0.2, -0.15) is 0 Å². The summed E-state index contributed by atoms with van der Waals surface area (Å²) in [5, 5.41) is 0. The predicted octanol–water partition coefficient (Wildman–Crippen LogP) is 3.92. The van der Waals surface area contributed by atoms with Crippen molar-refractivity contribution >= 4 is 11.9 Å². The Bertz CT molecular complexity index is 702. The van der Waals surface area contributed by atoms with E-state index in [0.717, 1.165) is 23.3 Å². The number of hydrogen-bond acceptors (Lipinski definition) is 3. The fraction of sp³-hybridized carbons (Fsp3) is 0.211. The molecular formula is C19H18O3. The van der Waals surface area contributed by atoms with E-state index in [0.29, 0.717) is 24.5 Å². The fourth-order valence-electron chi connectivity index (χ4n) is 2.48. The molecule has 0 bridgehead atoms. The zero-order valence-corrected chi connectivity index (χ0v) is 12.5. The topological polar surface area (TPSA) is 35.5 Å². The maximum absolute atomic E-state index is 12.5. The number of benzene rings is 2. The third-order valence-electron chi connectivity index (χ3n) is 3.64. The second-order valence-electron chi connectivity index (χ2n) is 5.11. The molecule has 3 nitrogen and oxygen atoms in total. The van der Waals surface area contributed by atoms with Crippen molar-refractivity contribution < 1.29 is 14.3 Å². The number of fused-ring (bicyclic) bond motifs is 1. The summed E-state index contributed by atoms with van der Waals surface area (Å²) in [7, 11) is 0. The quantitative estimate of drug-likeness (QED) is 0.633. The van der Waals surface area contributed by atoms with E-state index in [1.165, 1.54) is 0 Å². The van der Waals surface area contributed by atoms with Gasteiger partial charge in [0.2, 0.25) is 0 Å². The molecule has 0 aliphatic carbocycles. The normalized spacial score (nSPS) is 13.3. The van der Waals surface area contributed by atoms with E-state index < -0.39 is 0 Å². The molecule has 3 heteroatoms. The van der Waals surface area contributed by atoms with Gasteiger partial charge >= 0.3 is 0 Å². The second-order valence-corrected chi connectivity index (χ2v) is 5.11. The van der Waals surface area contributed by atoms with E-state index >= 15 is 0 Å². The van der Waals surface area contributed by atoms with E-state index in [2.05, 4.69) is 0 Å². The molecule has 0 saturated carbocycles. The molecule has 112 valence electrons. The molecule has 22 heavy (non-hydrogen) atoms. The van der Waals surface area contributed by atoms with Crippen LogP contribution in [0.3, 0.4) is 0 Å². The first-order chi connectivity index (χ1) is 10.8. The maximum atomic E-state index is 12.5. The van der Waals surface area contributed by atoms with E-state index in [9.17, 15) is 4.79 Å². The van der Waals surface area contributed by atoms with Crippen molar-refractivity contribution in [3.05, 3.63) is 65.2 Å². The summed E-state index contributed by atoms with van der Waals surface area (Å²) in [5.41, 5.74) is 2.66. The van der Waals surface area contributed by atoms with Crippen LogP contribution in [-0.4, -0.2) is 19.0 Å². The van der Waals surface area contributed by atoms with Crippen LogP contribution in [0, 0.1) is 0 Å². The first-order valence-electron chi connectivity index (χ1n) is 7.48. The molecule has 1 aliphatic rings. The Hall–Kier alpha value is -2.55. The molecule has 0 amide bonds. The van der Waals surface area contributed by atoms with E-state index in [1.807, 2.05) is 49.4 Å². The summed E-state index contributed by atoms with van der Waals surface area (Å²) in [6, 6.07) is 13.5. The van der Waals surface area contributed by atoms with Crippen molar-refractivity contribution in [3.8, 4) is 11.5 Å². The largest absolute Gasteiger partial charge is 0.486 e. The Morgan fingerprint density at radius 1 is 1.09 bits per heavy atom. The van der Waals surface area contributed by atoms with Gasteiger partial charge in [-0.05, 0) is 35.8 Å². The number of ketones is 1. The molecule has 0 saturated heterocycles. The standard InChI is InChI=1S/C19H18O3/c1-2-15-12-18-19(22-11-10-21-18)13-16(15)17(20)9-8-14-6-4-3-5-7-14/h3-9,12-13H,2,10-11H2,1H3. The Morgan fingerprint density at radius 3 is 2.45 bits per heavy atom. The van der Waals surface area contributed by atoms with Gasteiger partial charge in [0.25, 0.3) is 0 Å². The molecule has 2 aromatic rings. The lowest BCUT2D eigenvalue weighted by Gasteiger charge is -2.20. The Labute approximate surface area is 130 Å². The van der Waals surface area contributed by atoms with Gasteiger partial charge in [0.05, 0.1) is 0 Å². The molecule has 0 fully saturated rings. The smallest absolute Gasteiger partial charge is 0.186 e. The maximum Gasteiger partial charge on any atom is 0.186 e. The predicted molar refractivity (Wildman–Crippen MR) is 86.6 cm³/mol. The minimum Gasteiger partial charge on any atom is -0.486 e. The third-order valence-corrected chi connectivity index (χ3v) is 3.64. The van der Waals surface area contributed by atoms with Crippen LogP contribution in [0.2, 0.25) is 0 Å². The minimum atomic E-state index is -0.0160. The van der Waals surface area contributed by atoms with E-state index in [1.54, 1.807) is 12.1 Å². The van der Waals surface area contributed by atoms with Crippen molar-refractivity contribution in [3.63, 3.8) is 0 Å². The van der Waals surface area contributed by atoms with Crippen LogP contribution in [-0.2, 0) is 6.42 Å². The molecule has 0 atom stereocenters. The molecule has 0 spiro atoms. The number of aryl methyl sites for hydroxylation is 1. The fourth-order valence-corrected chi connectivity index (χ4v) is 2.48. The Kier molecular flexibility index (Phi) is 4.24. The van der Waals surface area contributed by atoms with Crippen LogP contribution in [0.1, 0.15) is 28.4 Å². The summed E-state index contributed by atoms with van der Waals surface area (Å²) in [5.74, 6) is 1.37. The summed E-state index contributed by atoms with van der Waals surface area (Å²) in [4.78, 5) is 12.5. The van der Waals surface area contributed by atoms with Crippen molar-refractivity contribution in [2.75, 3.05) is 13.2 Å². The van der Waals surface area contributed by atoms with Crippen molar-refractivity contribution in [2.45, 2.75) is 13.3 Å². The first kappa shape index (κ1) is 14.4. The summed E-state index contributed by atoms with van der Waals surface area (Å²) in [6.07, 6.45) is 4.22. The van der Waals surface area contributed by atoms with Gasteiger partial charge in [-0.1, -0.05) is 43.3 Å². The van der Waals surface area contributed by atoms with Gasteiger partial charge in [0.15, 0.2) is 17.3 Å². The van der Waals surface area contributed by atoms with Crippen LogP contribution in [0.15, 0.2) is 48.5 Å². The lowest BCUT2D eigenvalue weighted by atomic mass is 9.99. The number of rotatable bonds is 4. The van der Waals surface area contributed by atoms with Gasteiger partial charge in [0, 0.05) is 5.56 Å². The molecule has 2 aromatic carbocycles. The number of carbonyl (C=O) groups is 1. The molecule has 3 rings (SSSR count). The number of hydrogen-bond donors (Lipinski definition) is 0. The highest BCUT2D eigenvalue weighted by Crippen LogP contribution is 2.33. The average Bonchev–Trinajstić information content (AvgIpc) is 2.59. The van der Waals surface area contributed by atoms with Crippen LogP contribution < -0.4 is 9.47 Å². The van der Waals surface area contributed by atoms with Crippen molar-refractivity contribution in [1.82, 2.24) is 0 Å². The van der Waals surface area contributed by atoms with Gasteiger partial charge in [-0.15, -0.1) is 0 Å². The van der Waals surface area contributed by atoms with E-state index in [4.69, 9.17) is 9.47 Å². The summed E-state index contributed by atoms with van der Waals surface area (Å²) in [6.45, 7) is 3.10. The highest BCUT2D eigenvalue weighted by molar-refractivity contribution is 6.08. The third kappa shape index (κ3) is 3.03. The zero-order chi connectivity index (χ0) is 15.4. The highest BCUT2D eigenvalue weighted by atomic mass is 16.6. The van der Waals surface area contributed by atoms with Crippen LogP contribution in [0.5, 0.6) is 11.5 Å². The van der Waals surface area contributed by atoms with Crippen molar-refractivity contribution in [1.29, 1.82) is 0 Å². The van der Waals surface area contributed by atoms with E-state index in [-0.39, 0.29) is 5.78 Å². The molecule has 1 heterocycles. The zero-order valence-electron chi connectivity index (χ0n) is 12.5. The van der Waals surface area contributed by atoms with Gasteiger partial charge in [-0.25, -0.2) is 0 Å². The van der Waals surface area contributed by atoms with Gasteiger partial charge < -0.3 is 9.47 Å². The SMILES string of the molecule is CCc1cc2c(cc1C(=O)C=Cc1ccccc1)OCCO2. The van der Waals surface area contributed by atoms with Crippen LogP contribution >= 0.6 is 0 Å². The molecule has 0 radical (unpaired) electrons. The van der Waals surface area contributed by atoms with Gasteiger partial charge in [-0.3, -0.25) is 4.79 Å². The highest BCUT2D eigenvalue weighted by Gasteiger charge is 2.17. The summed E-state index contributed by atoms with van der Waals surface area (Å²) >= 11 is 0. The molecule has 0 N–H and O–H groups in total. The van der Waals surface area contributed by atoms with Crippen LogP contribution in [0.4, 0.5) is 0 Å². The van der Waals surface area contributed by atoms with Gasteiger partial charge in [0.1, 0.15) is 13.2 Å². The van der Waals surface area contributed by atoms with Crippen LogP contribution in [0.25, 0.3) is 6.08 Å². The molecule has 1 aliphatic heterocycles. The number of ether oxygens (including phenoxy) is 2. The molecular weight excluding hydrogens is 276 g/mol. The number of allylic oxidation sites excluding steroid dienone is 1. The lowest BCUT2D eigenvalue weighted by Crippen LogP contribution is -2.16. The number of carbonyl (C=O) groups excluding carboxylic acids is 1. The lowest BCUT2D eigenvalue weighted by molar-refractivity contribution is 0.104. The molecule has 0 unspecified atom stereocenters.